The van der Waals surface area contributed by atoms with Crippen LogP contribution in [0.15, 0.2) is 28.8 Å². The van der Waals surface area contributed by atoms with Gasteiger partial charge in [0.15, 0.2) is 0 Å². The minimum absolute atomic E-state index is 0.239. The average Bonchev–Trinajstić information content (AvgIpc) is 3.35. The summed E-state index contributed by atoms with van der Waals surface area (Å²) in [7, 11) is 0. The molecule has 2 aliphatic rings. The Labute approximate surface area is 165 Å². The van der Waals surface area contributed by atoms with Crippen LogP contribution >= 0.6 is 11.6 Å². The Morgan fingerprint density at radius 1 is 1.15 bits per heavy atom. The smallest absolute Gasteiger partial charge is 0.241 e. The monoisotopic (exact) mass is 390 g/mol. The number of benzene rings is 1. The van der Waals surface area contributed by atoms with Gasteiger partial charge in [-0.3, -0.25) is 9.80 Å². The molecule has 2 heterocycles. The standard InChI is InChI=1S/C20H27ClN4O2/c21-16-7-5-15(6-8-16)20-22-19(27-23-20)14-24-10-11-25(17-3-1-2-4-17)18(13-24)9-12-26/h5-8,17-18,26H,1-4,9-14H2. The molecule has 0 bridgehead atoms. The first-order valence-electron chi connectivity index (χ1n) is 9.90. The molecule has 1 aromatic carbocycles. The summed E-state index contributed by atoms with van der Waals surface area (Å²) >= 11 is 5.94. The van der Waals surface area contributed by atoms with Crippen LogP contribution < -0.4 is 0 Å². The van der Waals surface area contributed by atoms with Gasteiger partial charge in [-0.1, -0.05) is 29.6 Å². The molecule has 1 aliphatic heterocycles. The maximum atomic E-state index is 9.51. The Morgan fingerprint density at radius 2 is 1.93 bits per heavy atom. The second-order valence-corrected chi connectivity index (χ2v) is 8.03. The van der Waals surface area contributed by atoms with Crippen LogP contribution in [0.2, 0.25) is 5.02 Å². The van der Waals surface area contributed by atoms with Gasteiger partial charge in [-0.2, -0.15) is 4.98 Å². The topological polar surface area (TPSA) is 65.6 Å². The number of aliphatic hydroxyl groups excluding tert-OH is 1. The molecular weight excluding hydrogens is 364 g/mol. The van der Waals surface area contributed by atoms with Crippen LogP contribution in [0, 0.1) is 0 Å². The van der Waals surface area contributed by atoms with Gasteiger partial charge in [-0.05, 0) is 43.5 Å². The van der Waals surface area contributed by atoms with E-state index in [2.05, 4.69) is 19.9 Å². The number of hydrogen-bond donors (Lipinski definition) is 1. The van der Waals surface area contributed by atoms with Gasteiger partial charge >= 0.3 is 0 Å². The Hall–Kier alpha value is -1.47. The average molecular weight is 391 g/mol. The third-order valence-corrected chi connectivity index (χ3v) is 6.05. The largest absolute Gasteiger partial charge is 0.396 e. The number of rotatable bonds is 6. The molecule has 27 heavy (non-hydrogen) atoms. The Kier molecular flexibility index (Phi) is 6.08. The lowest BCUT2D eigenvalue weighted by Crippen LogP contribution is -2.56. The number of aromatic nitrogens is 2. The quantitative estimate of drug-likeness (QED) is 0.817. The lowest BCUT2D eigenvalue weighted by Gasteiger charge is -2.44. The van der Waals surface area contributed by atoms with Gasteiger partial charge in [-0.15, -0.1) is 0 Å². The van der Waals surface area contributed by atoms with Crippen LogP contribution in [0.3, 0.4) is 0 Å². The van der Waals surface area contributed by atoms with Gasteiger partial charge in [0.1, 0.15) is 0 Å². The molecule has 1 atom stereocenters. The zero-order valence-electron chi connectivity index (χ0n) is 15.6. The van der Waals surface area contributed by atoms with Crippen molar-refractivity contribution in [1.82, 2.24) is 19.9 Å². The summed E-state index contributed by atoms with van der Waals surface area (Å²) in [5.74, 6) is 1.23. The van der Waals surface area contributed by atoms with E-state index in [0.29, 0.717) is 35.4 Å². The molecule has 7 heteroatoms. The second kappa shape index (κ2) is 8.69. The van der Waals surface area contributed by atoms with Gasteiger partial charge in [0.05, 0.1) is 6.54 Å². The summed E-state index contributed by atoms with van der Waals surface area (Å²) < 4.78 is 5.48. The SMILES string of the molecule is OCCC1CN(Cc2nc(-c3ccc(Cl)cc3)no2)CCN1C1CCCC1. The van der Waals surface area contributed by atoms with E-state index in [-0.39, 0.29) is 6.61 Å². The molecule has 146 valence electrons. The third-order valence-electron chi connectivity index (χ3n) is 5.80. The first-order valence-corrected chi connectivity index (χ1v) is 10.3. The molecule has 6 nitrogen and oxygen atoms in total. The zero-order chi connectivity index (χ0) is 18.6. The summed E-state index contributed by atoms with van der Waals surface area (Å²) in [6.45, 7) is 3.88. The highest BCUT2D eigenvalue weighted by Gasteiger charge is 2.33. The van der Waals surface area contributed by atoms with Gasteiger partial charge in [0.25, 0.3) is 0 Å². The van der Waals surface area contributed by atoms with Gasteiger partial charge < -0.3 is 9.63 Å². The highest BCUT2D eigenvalue weighted by atomic mass is 35.5. The maximum absolute atomic E-state index is 9.51. The van der Waals surface area contributed by atoms with Crippen molar-refractivity contribution >= 4 is 11.6 Å². The molecule has 0 spiro atoms. The van der Waals surface area contributed by atoms with E-state index < -0.39 is 0 Å². The predicted octanol–water partition coefficient (Wildman–Crippen LogP) is 3.20. The third kappa shape index (κ3) is 4.51. The summed E-state index contributed by atoms with van der Waals surface area (Å²) in [6.07, 6.45) is 6.11. The molecule has 1 aromatic heterocycles. The van der Waals surface area contributed by atoms with E-state index >= 15 is 0 Å². The number of nitrogens with zero attached hydrogens (tertiary/aromatic N) is 4. The van der Waals surface area contributed by atoms with Crippen molar-refractivity contribution in [3.05, 3.63) is 35.2 Å². The molecule has 1 saturated heterocycles. The minimum atomic E-state index is 0.239. The van der Waals surface area contributed by atoms with Crippen LogP contribution in [0.4, 0.5) is 0 Å². The molecule has 1 aliphatic carbocycles. The highest BCUT2D eigenvalue weighted by molar-refractivity contribution is 6.30. The van der Waals surface area contributed by atoms with Gasteiger partial charge in [0.2, 0.25) is 11.7 Å². The van der Waals surface area contributed by atoms with E-state index in [9.17, 15) is 5.11 Å². The molecule has 0 amide bonds. The summed E-state index contributed by atoms with van der Waals surface area (Å²) in [5, 5.41) is 14.3. The lowest BCUT2D eigenvalue weighted by atomic mass is 10.0. The van der Waals surface area contributed by atoms with Crippen LogP contribution in [0.5, 0.6) is 0 Å². The van der Waals surface area contributed by atoms with Crippen molar-refractivity contribution < 1.29 is 9.63 Å². The zero-order valence-corrected chi connectivity index (χ0v) is 16.3. The summed E-state index contributed by atoms with van der Waals surface area (Å²) in [6, 6.07) is 8.56. The van der Waals surface area contributed by atoms with Crippen molar-refractivity contribution in [2.45, 2.75) is 50.7 Å². The summed E-state index contributed by atoms with van der Waals surface area (Å²) in [4.78, 5) is 9.54. The summed E-state index contributed by atoms with van der Waals surface area (Å²) in [5.41, 5.74) is 0.901. The van der Waals surface area contributed by atoms with Gasteiger partial charge in [-0.25, -0.2) is 0 Å². The molecule has 2 fully saturated rings. The Morgan fingerprint density at radius 3 is 2.67 bits per heavy atom. The van der Waals surface area contributed by atoms with Crippen LogP contribution in [-0.4, -0.2) is 63.4 Å². The first-order chi connectivity index (χ1) is 13.2. The minimum Gasteiger partial charge on any atom is -0.396 e. The first kappa shape index (κ1) is 18.9. The lowest BCUT2D eigenvalue weighted by molar-refractivity contribution is 0.0229. The van der Waals surface area contributed by atoms with Crippen molar-refractivity contribution in [3.63, 3.8) is 0 Å². The second-order valence-electron chi connectivity index (χ2n) is 7.60. The van der Waals surface area contributed by atoms with Crippen molar-refractivity contribution in [3.8, 4) is 11.4 Å². The fourth-order valence-corrected chi connectivity index (χ4v) is 4.55. The Balaban J connectivity index is 1.39. The fraction of sp³-hybridized carbons (Fsp3) is 0.600. The molecular formula is C20H27ClN4O2. The molecule has 2 aromatic rings. The molecule has 0 radical (unpaired) electrons. The van der Waals surface area contributed by atoms with Crippen molar-refractivity contribution in [2.75, 3.05) is 26.2 Å². The van der Waals surface area contributed by atoms with E-state index in [1.165, 1.54) is 25.7 Å². The van der Waals surface area contributed by atoms with E-state index in [4.69, 9.17) is 16.1 Å². The van der Waals surface area contributed by atoms with Crippen LogP contribution in [0.25, 0.3) is 11.4 Å². The van der Waals surface area contributed by atoms with Crippen molar-refractivity contribution in [1.29, 1.82) is 0 Å². The van der Waals surface area contributed by atoms with E-state index in [1.807, 2.05) is 24.3 Å². The van der Waals surface area contributed by atoms with E-state index in [1.54, 1.807) is 0 Å². The number of aliphatic hydroxyl groups is 1. The number of piperazine rings is 1. The van der Waals surface area contributed by atoms with Gasteiger partial charge in [0, 0.05) is 48.9 Å². The Bertz CT molecular complexity index is 730. The molecule has 1 saturated carbocycles. The molecule has 4 rings (SSSR count). The number of halogens is 1. The van der Waals surface area contributed by atoms with Crippen LogP contribution in [0.1, 0.15) is 38.0 Å². The molecule has 1 unspecified atom stereocenters. The predicted molar refractivity (Wildman–Crippen MR) is 104 cm³/mol. The highest BCUT2D eigenvalue weighted by Crippen LogP contribution is 2.28. The van der Waals surface area contributed by atoms with Crippen molar-refractivity contribution in [2.24, 2.45) is 0 Å². The van der Waals surface area contributed by atoms with Crippen LogP contribution in [-0.2, 0) is 6.54 Å². The number of hydrogen-bond acceptors (Lipinski definition) is 6. The van der Waals surface area contributed by atoms with E-state index in [0.717, 1.165) is 31.6 Å². The maximum Gasteiger partial charge on any atom is 0.241 e. The molecule has 1 N–H and O–H groups in total. The normalized spacial score (nSPS) is 22.5. The fourth-order valence-electron chi connectivity index (χ4n) is 4.43.